The summed E-state index contributed by atoms with van der Waals surface area (Å²) in [6, 6.07) is 4.52. The van der Waals surface area contributed by atoms with Gasteiger partial charge in [-0.3, -0.25) is 4.98 Å². The molecule has 0 spiro atoms. The SMILES string of the molecule is Oc1c(I)cc([18F])c2cccnc12.[Zn+2]. The van der Waals surface area contributed by atoms with Crippen molar-refractivity contribution in [3.63, 3.8) is 0 Å². The first-order chi connectivity index (χ1) is 6.20. The number of hydrogen-bond acceptors (Lipinski definition) is 2. The minimum atomic E-state index is -0.356. The Hall–Kier alpha value is -0.287. The summed E-state index contributed by atoms with van der Waals surface area (Å²) in [5, 5.41) is 9.89. The van der Waals surface area contributed by atoms with Crippen molar-refractivity contribution in [2.45, 2.75) is 0 Å². The van der Waals surface area contributed by atoms with Crippen molar-refractivity contribution in [2.24, 2.45) is 0 Å². The predicted octanol–water partition coefficient (Wildman–Crippen LogP) is 2.68. The van der Waals surface area contributed by atoms with Crippen LogP contribution in [-0.2, 0) is 19.5 Å². The van der Waals surface area contributed by atoms with Crippen LogP contribution in [0.4, 0.5) is 4.39 Å². The van der Waals surface area contributed by atoms with E-state index in [9.17, 15) is 9.50 Å². The van der Waals surface area contributed by atoms with Crippen molar-refractivity contribution in [1.29, 1.82) is 0 Å². The summed E-state index contributed by atoms with van der Waals surface area (Å²) < 4.78 is 13.7. The molecule has 0 aliphatic rings. The average Bonchev–Trinajstić information content (AvgIpc) is 2.15. The number of aromatic nitrogens is 1. The molecule has 0 aliphatic heterocycles. The molecule has 2 rings (SSSR count). The number of fused-ring (bicyclic) bond motifs is 1. The molecule has 5 heteroatoms. The van der Waals surface area contributed by atoms with Crippen molar-refractivity contribution in [3.8, 4) is 5.75 Å². The van der Waals surface area contributed by atoms with Crippen molar-refractivity contribution < 1.29 is 29.0 Å². The molecule has 2 aromatic rings. The molecule has 1 N–H and O–H groups in total. The molecule has 0 saturated heterocycles. The maximum atomic E-state index is 13.3. The van der Waals surface area contributed by atoms with Gasteiger partial charge in [-0.05, 0) is 40.8 Å². The molecule has 0 unspecified atom stereocenters. The first-order valence-corrected chi connectivity index (χ1v) is 4.69. The van der Waals surface area contributed by atoms with E-state index in [1.807, 2.05) is 22.6 Å². The second kappa shape index (κ2) is 4.49. The van der Waals surface area contributed by atoms with E-state index in [4.69, 9.17) is 0 Å². The first kappa shape index (κ1) is 11.8. The molecule has 0 bridgehead atoms. The van der Waals surface area contributed by atoms with Crippen LogP contribution in [0.5, 0.6) is 5.75 Å². The van der Waals surface area contributed by atoms with Crippen LogP contribution >= 0.6 is 22.6 Å². The molecule has 1 heterocycles. The van der Waals surface area contributed by atoms with Crippen LogP contribution in [0.1, 0.15) is 0 Å². The van der Waals surface area contributed by atoms with Crippen LogP contribution in [0.25, 0.3) is 10.9 Å². The van der Waals surface area contributed by atoms with Crippen LogP contribution in [-0.4, -0.2) is 10.1 Å². The first-order valence-electron chi connectivity index (χ1n) is 3.62. The fourth-order valence-corrected chi connectivity index (χ4v) is 1.69. The van der Waals surface area contributed by atoms with E-state index in [0.717, 1.165) is 0 Å². The van der Waals surface area contributed by atoms with Crippen molar-refractivity contribution in [2.75, 3.05) is 0 Å². The molecule has 14 heavy (non-hydrogen) atoms. The van der Waals surface area contributed by atoms with Gasteiger partial charge in [-0.15, -0.1) is 0 Å². The quantitative estimate of drug-likeness (QED) is 0.584. The molecule has 66 valence electrons. The maximum absolute atomic E-state index is 13.3. The van der Waals surface area contributed by atoms with E-state index in [2.05, 4.69) is 4.98 Å². The molecule has 0 amide bonds. The smallest absolute Gasteiger partial charge is 0.505 e. The molecule has 0 aliphatic carbocycles. The number of aromatic hydroxyl groups is 1. The molecule has 0 radical (unpaired) electrons. The summed E-state index contributed by atoms with van der Waals surface area (Å²) in [6.45, 7) is 0. The molecular formula is C9H5FINOZn+2. The third-order valence-corrected chi connectivity index (χ3v) is 2.59. The van der Waals surface area contributed by atoms with Gasteiger partial charge in [0.1, 0.15) is 11.3 Å². The Bertz CT molecular complexity index is 478. The Morgan fingerprint density at radius 1 is 1.43 bits per heavy atom. The zero-order chi connectivity index (χ0) is 9.42. The Morgan fingerprint density at radius 3 is 2.86 bits per heavy atom. The van der Waals surface area contributed by atoms with Crippen LogP contribution in [0.3, 0.4) is 0 Å². The minimum absolute atomic E-state index is 0. The van der Waals surface area contributed by atoms with E-state index in [1.165, 1.54) is 12.3 Å². The second-order valence-corrected chi connectivity index (χ2v) is 3.75. The third-order valence-electron chi connectivity index (χ3n) is 1.77. The van der Waals surface area contributed by atoms with Gasteiger partial charge < -0.3 is 5.11 Å². The molecule has 0 fully saturated rings. The fourth-order valence-electron chi connectivity index (χ4n) is 1.16. The summed E-state index contributed by atoms with van der Waals surface area (Å²) in [5.74, 6) is -0.317. The zero-order valence-corrected chi connectivity index (χ0v) is 12.3. The van der Waals surface area contributed by atoms with E-state index in [1.54, 1.807) is 12.1 Å². The number of halogens is 2. The number of phenolic OH excluding ortho intramolecular Hbond substituents is 1. The minimum Gasteiger partial charge on any atom is -0.505 e. The molecule has 0 atom stereocenters. The molecule has 1 aromatic heterocycles. The standard InChI is InChI=1S/C9H5FINO.Zn/c10-6-4-7(11)9(13)8-5(6)2-1-3-12-8;/h1-4,13H;/q;+2/i10-1;. The number of phenols is 1. The third kappa shape index (κ3) is 1.88. The van der Waals surface area contributed by atoms with Gasteiger partial charge in [0.15, 0.2) is 5.75 Å². The van der Waals surface area contributed by atoms with Gasteiger partial charge >= 0.3 is 19.5 Å². The predicted molar refractivity (Wildman–Crippen MR) is 56.1 cm³/mol. The van der Waals surface area contributed by atoms with E-state index in [-0.39, 0.29) is 31.0 Å². The summed E-state index contributed by atoms with van der Waals surface area (Å²) in [7, 11) is 0. The average molecular weight is 353 g/mol. The van der Waals surface area contributed by atoms with E-state index in [0.29, 0.717) is 14.5 Å². The Morgan fingerprint density at radius 2 is 2.14 bits per heavy atom. The number of nitrogens with zero attached hydrogens (tertiary/aromatic N) is 1. The topological polar surface area (TPSA) is 33.1 Å². The Labute approximate surface area is 106 Å². The van der Waals surface area contributed by atoms with Crippen LogP contribution < -0.4 is 0 Å². The van der Waals surface area contributed by atoms with Crippen molar-refractivity contribution >= 4 is 33.5 Å². The molecular weight excluding hydrogens is 348 g/mol. The van der Waals surface area contributed by atoms with Gasteiger partial charge in [0.05, 0.1) is 3.57 Å². The van der Waals surface area contributed by atoms with Crippen molar-refractivity contribution in [1.82, 2.24) is 4.98 Å². The molecule has 1 aromatic carbocycles. The monoisotopic (exact) mass is 352 g/mol. The van der Waals surface area contributed by atoms with Gasteiger partial charge in [-0.25, -0.2) is 4.39 Å². The van der Waals surface area contributed by atoms with Crippen molar-refractivity contribution in [3.05, 3.63) is 33.8 Å². The largest absolute Gasteiger partial charge is 2.00 e. The number of pyridine rings is 1. The Kier molecular flexibility index (Phi) is 3.78. The van der Waals surface area contributed by atoms with E-state index < -0.39 is 0 Å². The number of rotatable bonds is 0. The fraction of sp³-hybridized carbons (Fsp3) is 0. The molecule has 2 nitrogen and oxygen atoms in total. The summed E-state index contributed by atoms with van der Waals surface area (Å²) >= 11 is 1.87. The van der Waals surface area contributed by atoms with Crippen LogP contribution in [0.15, 0.2) is 24.4 Å². The summed E-state index contributed by atoms with van der Waals surface area (Å²) in [6.07, 6.45) is 1.53. The van der Waals surface area contributed by atoms with Gasteiger partial charge in [-0.1, -0.05) is 0 Å². The van der Waals surface area contributed by atoms with Gasteiger partial charge in [0.2, 0.25) is 0 Å². The zero-order valence-electron chi connectivity index (χ0n) is 7.17. The van der Waals surface area contributed by atoms with Gasteiger partial charge in [0.25, 0.3) is 0 Å². The number of benzene rings is 1. The maximum Gasteiger partial charge on any atom is 2.00 e. The normalized spacial score (nSPS) is 9.86. The Balaban J connectivity index is 0.000000980. The van der Waals surface area contributed by atoms with Gasteiger partial charge in [0, 0.05) is 11.6 Å². The van der Waals surface area contributed by atoms with Crippen LogP contribution in [0, 0.1) is 9.39 Å². The van der Waals surface area contributed by atoms with Crippen LogP contribution in [0.2, 0.25) is 0 Å². The second-order valence-electron chi connectivity index (χ2n) is 2.59. The van der Waals surface area contributed by atoms with Gasteiger partial charge in [-0.2, -0.15) is 0 Å². The number of hydrogen-bond donors (Lipinski definition) is 1. The van der Waals surface area contributed by atoms with E-state index >= 15 is 0 Å². The summed E-state index contributed by atoms with van der Waals surface area (Å²) in [4.78, 5) is 3.91. The summed E-state index contributed by atoms with van der Waals surface area (Å²) in [5.41, 5.74) is 0.312. The molecule has 0 saturated carbocycles.